The Kier molecular flexibility index (Phi) is 3.62. The highest BCUT2D eigenvalue weighted by atomic mass is 16.1. The van der Waals surface area contributed by atoms with Crippen molar-refractivity contribution in [1.29, 1.82) is 0 Å². The maximum absolute atomic E-state index is 13.2. The average molecular weight is 384 g/mol. The molecule has 0 unspecified atom stereocenters. The number of benzene rings is 4. The molecule has 0 bridgehead atoms. The van der Waals surface area contributed by atoms with Crippen molar-refractivity contribution in [1.82, 2.24) is 9.97 Å². The summed E-state index contributed by atoms with van der Waals surface area (Å²) < 4.78 is 0. The van der Waals surface area contributed by atoms with Crippen LogP contribution in [0.1, 0.15) is 15.9 Å². The third-order valence-electron chi connectivity index (χ3n) is 5.56. The van der Waals surface area contributed by atoms with E-state index in [4.69, 9.17) is 9.97 Å². The fourth-order valence-electron chi connectivity index (χ4n) is 4.01. The van der Waals surface area contributed by atoms with E-state index in [1.807, 2.05) is 84.9 Å². The van der Waals surface area contributed by atoms with Crippen LogP contribution in [0.25, 0.3) is 43.6 Å². The molecule has 30 heavy (non-hydrogen) atoms. The minimum absolute atomic E-state index is 0.000109. The normalized spacial score (nSPS) is 11.5. The standard InChI is InChI=1S/C27H16N2O/c30-27(19-9-11-25-21(15-19)13-17-5-1-3-7-23(17)28-25)20-10-12-26-22(16-20)14-18-6-2-4-8-24(18)29-26/h1-16H. The van der Waals surface area contributed by atoms with E-state index in [1.165, 1.54) is 0 Å². The Morgan fingerprint density at radius 1 is 0.467 bits per heavy atom. The Labute approximate surface area is 172 Å². The van der Waals surface area contributed by atoms with Gasteiger partial charge in [-0.1, -0.05) is 36.4 Å². The van der Waals surface area contributed by atoms with Crippen molar-refractivity contribution >= 4 is 49.4 Å². The molecule has 2 aromatic heterocycles. The molecule has 0 aliphatic rings. The monoisotopic (exact) mass is 384 g/mol. The van der Waals surface area contributed by atoms with Gasteiger partial charge in [-0.15, -0.1) is 0 Å². The smallest absolute Gasteiger partial charge is 0.193 e. The second-order valence-corrected chi connectivity index (χ2v) is 7.51. The van der Waals surface area contributed by atoms with Gasteiger partial charge >= 0.3 is 0 Å². The quantitative estimate of drug-likeness (QED) is 0.259. The Hall–Kier alpha value is -4.11. The van der Waals surface area contributed by atoms with Crippen LogP contribution in [0.4, 0.5) is 0 Å². The van der Waals surface area contributed by atoms with Crippen molar-refractivity contribution in [3.8, 4) is 0 Å². The van der Waals surface area contributed by atoms with E-state index in [1.54, 1.807) is 0 Å². The van der Waals surface area contributed by atoms with Crippen LogP contribution < -0.4 is 0 Å². The fourth-order valence-corrected chi connectivity index (χ4v) is 4.01. The van der Waals surface area contributed by atoms with Crippen molar-refractivity contribution in [2.45, 2.75) is 0 Å². The lowest BCUT2D eigenvalue weighted by Gasteiger charge is -2.07. The van der Waals surface area contributed by atoms with Gasteiger partial charge in [0.1, 0.15) is 0 Å². The van der Waals surface area contributed by atoms with E-state index in [0.29, 0.717) is 11.1 Å². The topological polar surface area (TPSA) is 42.9 Å². The minimum Gasteiger partial charge on any atom is -0.289 e. The molecule has 0 radical (unpaired) electrons. The molecule has 0 spiro atoms. The van der Waals surface area contributed by atoms with Gasteiger partial charge in [-0.3, -0.25) is 4.79 Å². The Bertz CT molecular complexity index is 1500. The van der Waals surface area contributed by atoms with Gasteiger partial charge < -0.3 is 0 Å². The van der Waals surface area contributed by atoms with Gasteiger partial charge in [0.25, 0.3) is 0 Å². The summed E-state index contributed by atoms with van der Waals surface area (Å²) in [5.74, 6) is 0.000109. The lowest BCUT2D eigenvalue weighted by atomic mass is 9.99. The number of aromatic nitrogens is 2. The van der Waals surface area contributed by atoms with Gasteiger partial charge in [-0.2, -0.15) is 0 Å². The lowest BCUT2D eigenvalue weighted by molar-refractivity contribution is 0.103. The molecule has 2 heterocycles. The number of hydrogen-bond acceptors (Lipinski definition) is 3. The predicted octanol–water partition coefficient (Wildman–Crippen LogP) is 6.32. The van der Waals surface area contributed by atoms with Gasteiger partial charge in [-0.05, 0) is 60.7 Å². The number of fused-ring (bicyclic) bond motifs is 4. The highest BCUT2D eigenvalue weighted by Crippen LogP contribution is 2.24. The second kappa shape index (κ2) is 6.46. The third kappa shape index (κ3) is 2.72. The summed E-state index contributed by atoms with van der Waals surface area (Å²) in [4.78, 5) is 22.6. The van der Waals surface area contributed by atoms with Gasteiger partial charge in [0.2, 0.25) is 0 Å². The van der Waals surface area contributed by atoms with E-state index in [-0.39, 0.29) is 5.78 Å². The van der Waals surface area contributed by atoms with Gasteiger partial charge in [0.05, 0.1) is 22.1 Å². The van der Waals surface area contributed by atoms with Crippen molar-refractivity contribution in [3.05, 3.63) is 108 Å². The van der Waals surface area contributed by atoms with E-state index in [9.17, 15) is 4.79 Å². The maximum atomic E-state index is 13.2. The van der Waals surface area contributed by atoms with Crippen molar-refractivity contribution in [2.75, 3.05) is 0 Å². The van der Waals surface area contributed by atoms with Crippen LogP contribution in [0.2, 0.25) is 0 Å². The summed E-state index contributed by atoms with van der Waals surface area (Å²) in [5, 5.41) is 4.07. The molecular weight excluding hydrogens is 368 g/mol. The molecule has 4 aromatic carbocycles. The van der Waals surface area contributed by atoms with E-state index >= 15 is 0 Å². The number of carbonyl (C=O) groups excluding carboxylic acids is 1. The first-order chi connectivity index (χ1) is 14.7. The summed E-state index contributed by atoms with van der Waals surface area (Å²) in [6.07, 6.45) is 0. The number of ketones is 1. The van der Waals surface area contributed by atoms with Crippen LogP contribution in [-0.2, 0) is 0 Å². The van der Waals surface area contributed by atoms with Crippen LogP contribution in [0.15, 0.2) is 97.1 Å². The molecule has 0 atom stereocenters. The number of carbonyl (C=O) groups is 1. The summed E-state index contributed by atoms with van der Waals surface area (Å²) in [6.45, 7) is 0. The second-order valence-electron chi connectivity index (χ2n) is 7.51. The van der Waals surface area contributed by atoms with Crippen LogP contribution in [0.5, 0.6) is 0 Å². The van der Waals surface area contributed by atoms with Crippen molar-refractivity contribution < 1.29 is 4.79 Å². The lowest BCUT2D eigenvalue weighted by Crippen LogP contribution is -2.01. The highest BCUT2D eigenvalue weighted by Gasteiger charge is 2.12. The molecule has 0 aliphatic heterocycles. The number of para-hydroxylation sites is 2. The SMILES string of the molecule is O=C(c1ccc2nc3ccccc3cc2c1)c1ccc2nc3ccccc3cc2c1. The number of rotatable bonds is 2. The zero-order valence-corrected chi connectivity index (χ0v) is 16.0. The highest BCUT2D eigenvalue weighted by molar-refractivity contribution is 6.12. The Balaban J connectivity index is 1.45. The van der Waals surface area contributed by atoms with Crippen LogP contribution in [0, 0.1) is 0 Å². The molecule has 6 rings (SSSR count). The predicted molar refractivity (Wildman–Crippen MR) is 122 cm³/mol. The first kappa shape index (κ1) is 16.8. The van der Waals surface area contributed by atoms with Crippen LogP contribution in [-0.4, -0.2) is 15.8 Å². The first-order valence-corrected chi connectivity index (χ1v) is 9.88. The molecule has 0 saturated heterocycles. The van der Waals surface area contributed by atoms with Gasteiger partial charge in [-0.25, -0.2) is 9.97 Å². The Morgan fingerprint density at radius 2 is 0.900 bits per heavy atom. The largest absolute Gasteiger partial charge is 0.289 e. The molecule has 3 nitrogen and oxygen atoms in total. The number of hydrogen-bond donors (Lipinski definition) is 0. The molecule has 6 aromatic rings. The molecule has 0 saturated carbocycles. The van der Waals surface area contributed by atoms with E-state index in [0.717, 1.165) is 43.6 Å². The van der Waals surface area contributed by atoms with Crippen molar-refractivity contribution in [2.24, 2.45) is 0 Å². The Morgan fingerprint density at radius 3 is 1.40 bits per heavy atom. The molecular formula is C27H16N2O. The summed E-state index contributed by atoms with van der Waals surface area (Å²) in [6, 6.07) is 31.6. The summed E-state index contributed by atoms with van der Waals surface area (Å²) in [7, 11) is 0. The molecule has 140 valence electrons. The summed E-state index contributed by atoms with van der Waals surface area (Å²) in [5.41, 5.74) is 5.01. The fraction of sp³-hybridized carbons (Fsp3) is 0. The molecule has 3 heteroatoms. The maximum Gasteiger partial charge on any atom is 0.193 e. The molecule has 0 aliphatic carbocycles. The van der Waals surface area contributed by atoms with Gasteiger partial charge in [0.15, 0.2) is 5.78 Å². The molecule has 0 N–H and O–H groups in total. The number of nitrogens with zero attached hydrogens (tertiary/aromatic N) is 2. The third-order valence-corrected chi connectivity index (χ3v) is 5.56. The number of pyridine rings is 2. The van der Waals surface area contributed by atoms with Crippen molar-refractivity contribution in [3.63, 3.8) is 0 Å². The first-order valence-electron chi connectivity index (χ1n) is 9.88. The minimum atomic E-state index is 0.000109. The van der Waals surface area contributed by atoms with Crippen LogP contribution >= 0.6 is 0 Å². The van der Waals surface area contributed by atoms with Crippen LogP contribution in [0.3, 0.4) is 0 Å². The molecule has 0 fully saturated rings. The average Bonchev–Trinajstić information content (AvgIpc) is 2.80. The van der Waals surface area contributed by atoms with Gasteiger partial charge in [0, 0.05) is 32.7 Å². The zero-order chi connectivity index (χ0) is 20.1. The van der Waals surface area contributed by atoms with E-state index in [2.05, 4.69) is 12.1 Å². The zero-order valence-electron chi connectivity index (χ0n) is 16.0. The summed E-state index contributed by atoms with van der Waals surface area (Å²) >= 11 is 0. The van der Waals surface area contributed by atoms with E-state index < -0.39 is 0 Å². The molecule has 0 amide bonds.